The normalized spacial score (nSPS) is 13.0. The predicted molar refractivity (Wildman–Crippen MR) is 63.5 cm³/mol. The van der Waals surface area contributed by atoms with E-state index in [1.165, 1.54) is 0 Å². The molecule has 0 amide bonds. The van der Waals surface area contributed by atoms with Gasteiger partial charge in [-0.2, -0.15) is 0 Å². The Labute approximate surface area is 94.2 Å². The quantitative estimate of drug-likeness (QED) is 0.844. The van der Waals surface area contributed by atoms with Crippen molar-refractivity contribution in [2.24, 2.45) is 5.73 Å². The van der Waals surface area contributed by atoms with Gasteiger partial charge < -0.3 is 15.2 Å². The number of nitrogens with zero attached hydrogens (tertiary/aromatic N) is 3. The molecule has 1 unspecified atom stereocenters. The third kappa shape index (κ3) is 1.99. The Balaban J connectivity index is 2.32. The maximum atomic E-state index is 5.74. The highest BCUT2D eigenvalue weighted by atomic mass is 16.5. The minimum Gasteiger partial charge on any atom is -0.358 e. The van der Waals surface area contributed by atoms with Gasteiger partial charge >= 0.3 is 0 Å². The Morgan fingerprint density at radius 2 is 2.31 bits per heavy atom. The maximum absolute atomic E-state index is 5.74. The summed E-state index contributed by atoms with van der Waals surface area (Å²) in [5, 5.41) is 4.86. The number of aromatic nitrogens is 2. The second-order valence-corrected chi connectivity index (χ2v) is 4.16. The van der Waals surface area contributed by atoms with Gasteiger partial charge in [0, 0.05) is 31.9 Å². The van der Waals surface area contributed by atoms with E-state index < -0.39 is 0 Å². The molecule has 0 aromatic carbocycles. The van der Waals surface area contributed by atoms with E-state index in [0.29, 0.717) is 0 Å². The molecule has 5 heteroatoms. The van der Waals surface area contributed by atoms with Crippen molar-refractivity contribution in [2.45, 2.75) is 19.9 Å². The number of hydrogen-bond acceptors (Lipinski definition) is 5. The van der Waals surface area contributed by atoms with Gasteiger partial charge in [0.1, 0.15) is 5.82 Å². The van der Waals surface area contributed by atoms with Crippen LogP contribution in [0.5, 0.6) is 0 Å². The molecule has 0 bridgehead atoms. The van der Waals surface area contributed by atoms with Crippen LogP contribution in [-0.2, 0) is 0 Å². The molecule has 1 atom stereocenters. The average molecular weight is 220 g/mol. The first-order valence-electron chi connectivity index (χ1n) is 5.26. The molecule has 16 heavy (non-hydrogen) atoms. The van der Waals surface area contributed by atoms with Crippen LogP contribution < -0.4 is 10.6 Å². The van der Waals surface area contributed by atoms with Gasteiger partial charge in [-0.1, -0.05) is 5.16 Å². The molecular formula is C11H16N4O. The lowest BCUT2D eigenvalue weighted by Gasteiger charge is -2.19. The van der Waals surface area contributed by atoms with Gasteiger partial charge in [-0.25, -0.2) is 4.98 Å². The minimum atomic E-state index is 0.110. The van der Waals surface area contributed by atoms with Crippen LogP contribution in [0.15, 0.2) is 16.8 Å². The molecule has 0 fully saturated rings. The van der Waals surface area contributed by atoms with Gasteiger partial charge in [-0.3, -0.25) is 0 Å². The first-order chi connectivity index (χ1) is 7.58. The molecule has 0 saturated carbocycles. The van der Waals surface area contributed by atoms with Gasteiger partial charge in [0.05, 0.1) is 11.1 Å². The summed E-state index contributed by atoms with van der Waals surface area (Å²) in [6.45, 7) is 4.62. The van der Waals surface area contributed by atoms with Crippen molar-refractivity contribution in [1.82, 2.24) is 10.1 Å². The molecule has 0 aliphatic heterocycles. The Morgan fingerprint density at radius 3 is 3.00 bits per heavy atom. The van der Waals surface area contributed by atoms with Gasteiger partial charge in [0.25, 0.3) is 0 Å². The fraction of sp³-hybridized carbons (Fsp3) is 0.455. The molecule has 2 rings (SSSR count). The zero-order valence-electron chi connectivity index (χ0n) is 9.77. The molecule has 0 radical (unpaired) electrons. The van der Waals surface area contributed by atoms with Crippen LogP contribution in [0, 0.1) is 6.92 Å². The van der Waals surface area contributed by atoms with E-state index in [2.05, 4.69) is 10.1 Å². The topological polar surface area (TPSA) is 68.2 Å². The Morgan fingerprint density at radius 1 is 1.56 bits per heavy atom. The molecule has 2 aromatic heterocycles. The van der Waals surface area contributed by atoms with Crippen molar-refractivity contribution in [3.63, 3.8) is 0 Å². The highest BCUT2D eigenvalue weighted by Crippen LogP contribution is 2.20. The summed E-state index contributed by atoms with van der Waals surface area (Å²) in [7, 11) is 1.96. The van der Waals surface area contributed by atoms with Crippen LogP contribution in [0.3, 0.4) is 0 Å². The molecule has 0 saturated heterocycles. The summed E-state index contributed by atoms with van der Waals surface area (Å²) >= 11 is 0. The number of fused-ring (bicyclic) bond motifs is 1. The lowest BCUT2D eigenvalue weighted by Crippen LogP contribution is -2.33. The average Bonchev–Trinajstić information content (AvgIpc) is 2.59. The number of rotatable bonds is 3. The molecule has 2 heterocycles. The fourth-order valence-electron chi connectivity index (χ4n) is 1.67. The van der Waals surface area contributed by atoms with E-state index in [9.17, 15) is 0 Å². The van der Waals surface area contributed by atoms with Gasteiger partial charge in [0.15, 0.2) is 5.58 Å². The van der Waals surface area contributed by atoms with Crippen LogP contribution in [0.4, 0.5) is 5.82 Å². The predicted octanol–water partition coefficient (Wildman–Crippen LogP) is 1.31. The van der Waals surface area contributed by atoms with Crippen molar-refractivity contribution in [1.29, 1.82) is 0 Å². The van der Waals surface area contributed by atoms with E-state index in [1.807, 2.05) is 31.9 Å². The smallest absolute Gasteiger partial charge is 0.172 e. The molecule has 86 valence electrons. The fourth-order valence-corrected chi connectivity index (χ4v) is 1.67. The maximum Gasteiger partial charge on any atom is 0.172 e. The van der Waals surface area contributed by atoms with Gasteiger partial charge in [-0.15, -0.1) is 0 Å². The first-order valence-corrected chi connectivity index (χ1v) is 5.26. The van der Waals surface area contributed by atoms with Gasteiger partial charge in [0.2, 0.25) is 0 Å². The third-order valence-electron chi connectivity index (χ3n) is 2.48. The summed E-state index contributed by atoms with van der Waals surface area (Å²) in [6, 6.07) is 2.00. The molecular weight excluding hydrogens is 204 g/mol. The van der Waals surface area contributed by atoms with E-state index in [4.69, 9.17) is 10.3 Å². The van der Waals surface area contributed by atoms with E-state index in [0.717, 1.165) is 29.0 Å². The van der Waals surface area contributed by atoms with Crippen LogP contribution in [0.1, 0.15) is 12.6 Å². The summed E-state index contributed by atoms with van der Waals surface area (Å²) in [6.07, 6.45) is 1.79. The van der Waals surface area contributed by atoms with E-state index in [1.54, 1.807) is 6.20 Å². The van der Waals surface area contributed by atoms with Crippen molar-refractivity contribution < 1.29 is 4.52 Å². The Bertz CT molecular complexity index is 492. The summed E-state index contributed by atoms with van der Waals surface area (Å²) in [5.41, 5.74) is 7.37. The number of aryl methyl sites for hydroxylation is 1. The van der Waals surface area contributed by atoms with E-state index >= 15 is 0 Å². The summed E-state index contributed by atoms with van der Waals surface area (Å²) < 4.78 is 5.20. The Hall–Kier alpha value is -1.62. The van der Waals surface area contributed by atoms with Crippen LogP contribution in [0.2, 0.25) is 0 Å². The zero-order valence-corrected chi connectivity index (χ0v) is 9.77. The lowest BCUT2D eigenvalue weighted by molar-refractivity contribution is 0.450. The standard InChI is InChI=1S/C11H16N4O/c1-7(12)6-15(3)11-4-10-9(5-13-11)8(2)14-16-10/h4-5,7H,6,12H2,1-3H3. The number of hydrogen-bond donors (Lipinski definition) is 1. The molecule has 0 aliphatic carbocycles. The largest absolute Gasteiger partial charge is 0.358 e. The van der Waals surface area contributed by atoms with E-state index in [-0.39, 0.29) is 6.04 Å². The number of likely N-dealkylation sites (N-methyl/N-ethyl adjacent to an activating group) is 1. The number of pyridine rings is 1. The lowest BCUT2D eigenvalue weighted by atomic mass is 10.2. The zero-order chi connectivity index (χ0) is 11.7. The Kier molecular flexibility index (Phi) is 2.78. The van der Waals surface area contributed by atoms with Crippen LogP contribution in [0.25, 0.3) is 11.0 Å². The summed E-state index contributed by atoms with van der Waals surface area (Å²) in [4.78, 5) is 6.37. The molecule has 2 aromatic rings. The summed E-state index contributed by atoms with van der Waals surface area (Å²) in [5.74, 6) is 0.848. The van der Waals surface area contributed by atoms with Crippen molar-refractivity contribution in [2.75, 3.05) is 18.5 Å². The molecule has 0 spiro atoms. The SMILES string of the molecule is Cc1noc2cc(N(C)CC(C)N)ncc12. The highest BCUT2D eigenvalue weighted by molar-refractivity contribution is 5.80. The highest BCUT2D eigenvalue weighted by Gasteiger charge is 2.09. The van der Waals surface area contributed by atoms with Crippen molar-refractivity contribution >= 4 is 16.8 Å². The van der Waals surface area contributed by atoms with Crippen LogP contribution >= 0.6 is 0 Å². The monoisotopic (exact) mass is 220 g/mol. The third-order valence-corrected chi connectivity index (χ3v) is 2.48. The number of nitrogens with two attached hydrogens (primary N) is 1. The van der Waals surface area contributed by atoms with Crippen LogP contribution in [-0.4, -0.2) is 29.8 Å². The second kappa shape index (κ2) is 4.09. The molecule has 2 N–H and O–H groups in total. The van der Waals surface area contributed by atoms with Gasteiger partial charge in [-0.05, 0) is 13.8 Å². The van der Waals surface area contributed by atoms with Crippen molar-refractivity contribution in [3.8, 4) is 0 Å². The second-order valence-electron chi connectivity index (χ2n) is 4.16. The number of anilines is 1. The molecule has 5 nitrogen and oxygen atoms in total. The van der Waals surface area contributed by atoms with Crippen molar-refractivity contribution in [3.05, 3.63) is 18.0 Å². The molecule has 0 aliphatic rings. The first kappa shape index (κ1) is 10.9. The minimum absolute atomic E-state index is 0.110.